The zero-order valence-electron chi connectivity index (χ0n) is 16.8. The van der Waals surface area contributed by atoms with Gasteiger partial charge in [-0.15, -0.1) is 0 Å². The number of nitrogens with one attached hydrogen (secondary N) is 1. The normalized spacial score (nSPS) is 11.9. The van der Waals surface area contributed by atoms with Crippen molar-refractivity contribution in [2.24, 2.45) is 12.2 Å². The van der Waals surface area contributed by atoms with Crippen LogP contribution in [0.4, 0.5) is 0 Å². The van der Waals surface area contributed by atoms with Crippen molar-refractivity contribution in [2.75, 3.05) is 14.2 Å². The molecule has 0 radical (unpaired) electrons. The first kappa shape index (κ1) is 20.1. The Labute approximate surface area is 173 Å². The number of aryl methyl sites for hydroxylation is 1. The van der Waals surface area contributed by atoms with Crippen molar-refractivity contribution in [2.45, 2.75) is 6.54 Å². The average Bonchev–Trinajstić information content (AvgIpc) is 3.08. The van der Waals surface area contributed by atoms with Gasteiger partial charge in [-0.2, -0.15) is 17.7 Å². The summed E-state index contributed by atoms with van der Waals surface area (Å²) in [5.41, 5.74) is 4.43. The zero-order chi connectivity index (χ0) is 21.5. The highest BCUT2D eigenvalue weighted by Gasteiger charge is 2.21. The highest BCUT2D eigenvalue weighted by Crippen LogP contribution is 2.34. The van der Waals surface area contributed by atoms with Crippen LogP contribution in [-0.2, 0) is 23.8 Å². The molecule has 0 unspecified atom stereocenters. The lowest BCUT2D eigenvalue weighted by atomic mass is 10.1. The second-order valence-corrected chi connectivity index (χ2v) is 8.22. The van der Waals surface area contributed by atoms with Crippen molar-refractivity contribution in [3.05, 3.63) is 54.5 Å². The molecule has 9 nitrogen and oxygen atoms in total. The topological polar surface area (TPSA) is 112 Å². The number of benzene rings is 2. The van der Waals surface area contributed by atoms with Crippen molar-refractivity contribution in [1.82, 2.24) is 14.3 Å². The lowest BCUT2D eigenvalue weighted by molar-refractivity contribution is -0.645. The van der Waals surface area contributed by atoms with Gasteiger partial charge in [-0.3, -0.25) is 4.98 Å². The van der Waals surface area contributed by atoms with Crippen LogP contribution in [0.1, 0.15) is 5.56 Å². The molecule has 0 atom stereocenters. The predicted molar refractivity (Wildman–Crippen MR) is 113 cm³/mol. The monoisotopic (exact) mass is 428 g/mol. The summed E-state index contributed by atoms with van der Waals surface area (Å²) < 4.78 is 39.4. The number of nitrogens with zero attached hydrogens (tertiary/aromatic N) is 3. The molecule has 2 heterocycles. The molecule has 10 heteroatoms. The first-order chi connectivity index (χ1) is 14.3. The first-order valence-electron chi connectivity index (χ1n) is 9.09. The van der Waals surface area contributed by atoms with Gasteiger partial charge in [0.1, 0.15) is 5.69 Å². The van der Waals surface area contributed by atoms with Crippen LogP contribution in [0, 0.1) is 0 Å². The molecule has 30 heavy (non-hydrogen) atoms. The van der Waals surface area contributed by atoms with Crippen molar-refractivity contribution in [3.63, 3.8) is 0 Å². The van der Waals surface area contributed by atoms with E-state index in [1.807, 2.05) is 60.5 Å². The van der Waals surface area contributed by atoms with Crippen molar-refractivity contribution < 1.29 is 22.5 Å². The molecule has 4 aromatic rings. The van der Waals surface area contributed by atoms with Gasteiger partial charge < -0.3 is 9.47 Å². The number of methoxy groups -OCH3 is 2. The number of nitrogens with two attached hydrogens (primary N) is 1. The lowest BCUT2D eigenvalue weighted by Crippen LogP contribution is -2.30. The maximum Gasteiger partial charge on any atom is 0.274 e. The standard InChI is InChI=1S/C20H22N5O4S/c1-24-12-25(14-6-4-13(5-7-14)10-23-30(21,26)27)20-15-8-18(28-2)19(29-3)9-16(15)22-11-17(20)24/h4-9,11-12,23H,10H2,1-3H3,(H2,21,26,27)/q+1. The van der Waals surface area contributed by atoms with E-state index in [2.05, 4.69) is 14.3 Å². The third-order valence-corrected chi connectivity index (χ3v) is 5.47. The molecule has 2 aromatic carbocycles. The number of rotatable bonds is 6. The maximum absolute atomic E-state index is 11.1. The van der Waals surface area contributed by atoms with Crippen LogP contribution in [0.3, 0.4) is 0 Å². The molecular weight excluding hydrogens is 406 g/mol. The molecule has 156 valence electrons. The molecule has 0 aliphatic carbocycles. The summed E-state index contributed by atoms with van der Waals surface area (Å²) in [5.74, 6) is 1.24. The summed E-state index contributed by atoms with van der Waals surface area (Å²) in [7, 11) is 1.42. The number of hydrogen-bond donors (Lipinski definition) is 2. The van der Waals surface area contributed by atoms with E-state index in [9.17, 15) is 8.42 Å². The van der Waals surface area contributed by atoms with Crippen LogP contribution < -0.4 is 23.9 Å². The van der Waals surface area contributed by atoms with Crippen LogP contribution in [0.15, 0.2) is 48.9 Å². The van der Waals surface area contributed by atoms with Crippen LogP contribution in [0.2, 0.25) is 0 Å². The Kier molecular flexibility index (Phi) is 5.06. The molecule has 3 N–H and O–H groups in total. The van der Waals surface area contributed by atoms with E-state index < -0.39 is 10.2 Å². The molecule has 0 amide bonds. The van der Waals surface area contributed by atoms with E-state index in [0.29, 0.717) is 11.5 Å². The molecule has 4 rings (SSSR count). The van der Waals surface area contributed by atoms with Gasteiger partial charge in [-0.25, -0.2) is 9.71 Å². The Bertz CT molecular complexity index is 1350. The number of imidazole rings is 1. The Morgan fingerprint density at radius 1 is 1.13 bits per heavy atom. The maximum atomic E-state index is 11.1. The summed E-state index contributed by atoms with van der Waals surface area (Å²) in [6, 6.07) is 11.3. The van der Waals surface area contributed by atoms with E-state index in [1.54, 1.807) is 14.2 Å². The SMILES string of the molecule is COc1cc2ncc3c(c2cc1OC)n(-c1ccc(CNS(N)(=O)=O)cc1)c[n+]3C. The fraction of sp³-hybridized carbons (Fsp3) is 0.200. The molecular formula is C20H22N5O4S+. The second-order valence-electron chi connectivity index (χ2n) is 6.85. The van der Waals surface area contributed by atoms with Crippen LogP contribution in [-0.4, -0.2) is 32.2 Å². The smallest absolute Gasteiger partial charge is 0.274 e. The summed E-state index contributed by atoms with van der Waals surface area (Å²) >= 11 is 0. The minimum Gasteiger partial charge on any atom is -0.493 e. The van der Waals surface area contributed by atoms with Gasteiger partial charge >= 0.3 is 0 Å². The third-order valence-electron chi connectivity index (χ3n) is 4.93. The Morgan fingerprint density at radius 2 is 1.80 bits per heavy atom. The van der Waals surface area contributed by atoms with E-state index in [0.717, 1.165) is 33.2 Å². The summed E-state index contributed by atoms with van der Waals surface area (Å²) in [6.45, 7) is 0.128. The first-order valence-corrected chi connectivity index (χ1v) is 10.6. The van der Waals surface area contributed by atoms with E-state index in [4.69, 9.17) is 14.6 Å². The van der Waals surface area contributed by atoms with Gasteiger partial charge in [0, 0.05) is 12.6 Å². The van der Waals surface area contributed by atoms with Gasteiger partial charge in [0.05, 0.1) is 38.4 Å². The van der Waals surface area contributed by atoms with Crippen molar-refractivity contribution >= 4 is 32.1 Å². The summed E-state index contributed by atoms with van der Waals surface area (Å²) in [5, 5.41) is 5.92. The van der Waals surface area contributed by atoms with Gasteiger partial charge in [0.25, 0.3) is 10.2 Å². The number of aromatic nitrogens is 3. The van der Waals surface area contributed by atoms with Gasteiger partial charge in [0.15, 0.2) is 22.5 Å². The number of pyridine rings is 1. The summed E-state index contributed by atoms with van der Waals surface area (Å²) in [6.07, 6.45) is 3.80. The van der Waals surface area contributed by atoms with E-state index in [1.165, 1.54) is 0 Å². The largest absolute Gasteiger partial charge is 0.493 e. The molecule has 0 spiro atoms. The number of fused-ring (bicyclic) bond motifs is 3. The fourth-order valence-corrected chi connectivity index (χ4v) is 3.82. The van der Waals surface area contributed by atoms with Gasteiger partial charge in [-0.1, -0.05) is 12.1 Å². The number of ether oxygens (including phenoxy) is 2. The third kappa shape index (κ3) is 3.67. The van der Waals surface area contributed by atoms with E-state index in [-0.39, 0.29) is 6.54 Å². The van der Waals surface area contributed by atoms with Crippen molar-refractivity contribution in [3.8, 4) is 17.2 Å². The Hall–Kier alpha value is -3.21. The quantitative estimate of drug-likeness (QED) is 0.450. The fourth-order valence-electron chi connectivity index (χ4n) is 3.45. The Morgan fingerprint density at radius 3 is 2.43 bits per heavy atom. The van der Waals surface area contributed by atoms with Gasteiger partial charge in [0.2, 0.25) is 6.33 Å². The number of hydrogen-bond acceptors (Lipinski definition) is 5. The molecule has 0 saturated carbocycles. The predicted octanol–water partition coefficient (Wildman–Crippen LogP) is 1.31. The minimum absolute atomic E-state index is 0.128. The highest BCUT2D eigenvalue weighted by molar-refractivity contribution is 7.87. The molecule has 0 aliphatic rings. The van der Waals surface area contributed by atoms with E-state index >= 15 is 0 Å². The molecule has 0 saturated heterocycles. The lowest BCUT2D eigenvalue weighted by Gasteiger charge is -2.09. The van der Waals surface area contributed by atoms with Crippen LogP contribution >= 0.6 is 0 Å². The highest BCUT2D eigenvalue weighted by atomic mass is 32.2. The van der Waals surface area contributed by atoms with Crippen LogP contribution in [0.5, 0.6) is 11.5 Å². The molecule has 2 aromatic heterocycles. The van der Waals surface area contributed by atoms with Crippen LogP contribution in [0.25, 0.3) is 27.6 Å². The minimum atomic E-state index is -3.73. The average molecular weight is 428 g/mol. The summed E-state index contributed by atoms with van der Waals surface area (Å²) in [4.78, 5) is 4.58. The van der Waals surface area contributed by atoms with Crippen molar-refractivity contribution in [1.29, 1.82) is 0 Å². The Balaban J connectivity index is 1.85. The molecule has 0 fully saturated rings. The van der Waals surface area contributed by atoms with Gasteiger partial charge in [-0.05, 0) is 23.8 Å². The second kappa shape index (κ2) is 7.56. The molecule has 0 bridgehead atoms. The molecule has 0 aliphatic heterocycles. The zero-order valence-corrected chi connectivity index (χ0v) is 17.6.